The minimum absolute atomic E-state index is 0.417. The Morgan fingerprint density at radius 3 is 2.21 bits per heavy atom. The number of ether oxygens (including phenoxy) is 4. The lowest BCUT2D eigenvalue weighted by atomic mass is 10.1. The van der Waals surface area contributed by atoms with Crippen LogP contribution in [-0.2, 0) is 29.2 Å². The second-order valence-corrected chi connectivity index (χ2v) is 8.19. The standard InChI is InChI=1S/C26H33N3O5/c1-30-24-7-3-5-21(15-24)17-29(18-22-6-4-8-25(16-22)31-2)26-27-23(20-34-26)19-33-14-11-28-9-12-32-13-10-28/h3-8,15-16,20H,9-14,17-19H2,1-2H3. The Hall–Kier alpha value is -3.07. The molecule has 0 spiro atoms. The average molecular weight is 468 g/mol. The van der Waals surface area contributed by atoms with Gasteiger partial charge < -0.3 is 28.3 Å². The molecule has 34 heavy (non-hydrogen) atoms. The molecule has 1 aliphatic rings. The molecule has 1 aromatic heterocycles. The van der Waals surface area contributed by atoms with E-state index in [-0.39, 0.29) is 0 Å². The monoisotopic (exact) mass is 467 g/mol. The first-order valence-electron chi connectivity index (χ1n) is 11.6. The summed E-state index contributed by atoms with van der Waals surface area (Å²) in [5.74, 6) is 1.64. The van der Waals surface area contributed by atoms with Crippen molar-refractivity contribution in [2.45, 2.75) is 19.7 Å². The van der Waals surface area contributed by atoms with Gasteiger partial charge in [-0.2, -0.15) is 4.98 Å². The molecule has 8 nitrogen and oxygen atoms in total. The lowest BCUT2D eigenvalue weighted by Crippen LogP contribution is -2.38. The van der Waals surface area contributed by atoms with Gasteiger partial charge in [0.25, 0.3) is 6.01 Å². The van der Waals surface area contributed by atoms with Crippen LogP contribution >= 0.6 is 0 Å². The molecule has 3 aromatic rings. The number of nitrogens with zero attached hydrogens (tertiary/aromatic N) is 3. The molecule has 0 N–H and O–H groups in total. The Labute approximate surface area is 201 Å². The molecule has 0 unspecified atom stereocenters. The van der Waals surface area contributed by atoms with Crippen LogP contribution in [0.2, 0.25) is 0 Å². The first-order valence-corrected chi connectivity index (χ1v) is 11.6. The van der Waals surface area contributed by atoms with Crippen molar-refractivity contribution in [2.75, 3.05) is 58.6 Å². The van der Waals surface area contributed by atoms with Crippen molar-refractivity contribution in [3.8, 4) is 11.5 Å². The van der Waals surface area contributed by atoms with Crippen molar-refractivity contribution < 1.29 is 23.4 Å². The van der Waals surface area contributed by atoms with Crippen LogP contribution in [0.3, 0.4) is 0 Å². The van der Waals surface area contributed by atoms with E-state index in [1.165, 1.54) is 0 Å². The summed E-state index contributed by atoms with van der Waals surface area (Å²) in [6, 6.07) is 16.6. The predicted octanol–water partition coefficient (Wildman–Crippen LogP) is 3.75. The van der Waals surface area contributed by atoms with Gasteiger partial charge in [0.2, 0.25) is 0 Å². The summed E-state index contributed by atoms with van der Waals surface area (Å²) in [5, 5.41) is 0. The number of hydrogen-bond donors (Lipinski definition) is 0. The van der Waals surface area contributed by atoms with E-state index in [1.807, 2.05) is 36.4 Å². The van der Waals surface area contributed by atoms with Gasteiger partial charge in [-0.25, -0.2) is 0 Å². The van der Waals surface area contributed by atoms with Gasteiger partial charge in [-0.3, -0.25) is 4.90 Å². The van der Waals surface area contributed by atoms with E-state index in [1.54, 1.807) is 20.5 Å². The summed E-state index contributed by atoms with van der Waals surface area (Å²) < 4.78 is 27.9. The number of rotatable bonds is 12. The fraction of sp³-hybridized carbons (Fsp3) is 0.423. The predicted molar refractivity (Wildman–Crippen MR) is 129 cm³/mol. The molecule has 0 saturated carbocycles. The van der Waals surface area contributed by atoms with Gasteiger partial charge in [-0.1, -0.05) is 24.3 Å². The van der Waals surface area contributed by atoms with E-state index in [0.29, 0.717) is 32.3 Å². The Balaban J connectivity index is 1.41. The fourth-order valence-electron chi connectivity index (χ4n) is 3.88. The third kappa shape index (κ3) is 6.96. The number of morpholine rings is 1. The van der Waals surface area contributed by atoms with Crippen molar-refractivity contribution in [3.05, 3.63) is 71.6 Å². The Kier molecular flexibility index (Phi) is 8.78. The molecule has 4 rings (SSSR count). The Morgan fingerprint density at radius 2 is 1.59 bits per heavy atom. The van der Waals surface area contributed by atoms with Crippen LogP contribution in [0.25, 0.3) is 0 Å². The first-order chi connectivity index (χ1) is 16.7. The SMILES string of the molecule is COc1cccc(CN(Cc2cccc(OC)c2)c2nc(COCCN3CCOCC3)co2)c1. The summed E-state index contributed by atoms with van der Waals surface area (Å²) in [7, 11) is 3.35. The zero-order chi connectivity index (χ0) is 23.6. The lowest BCUT2D eigenvalue weighted by molar-refractivity contribution is 0.0177. The van der Waals surface area contributed by atoms with Crippen LogP contribution in [-0.4, -0.2) is 63.6 Å². The second-order valence-electron chi connectivity index (χ2n) is 8.19. The highest BCUT2D eigenvalue weighted by Gasteiger charge is 2.16. The zero-order valence-electron chi connectivity index (χ0n) is 19.9. The summed E-state index contributed by atoms with van der Waals surface area (Å²) in [6.07, 6.45) is 1.67. The highest BCUT2D eigenvalue weighted by atomic mass is 16.5. The minimum Gasteiger partial charge on any atom is -0.497 e. The summed E-state index contributed by atoms with van der Waals surface area (Å²) in [5.41, 5.74) is 2.98. The lowest BCUT2D eigenvalue weighted by Gasteiger charge is -2.26. The maximum absolute atomic E-state index is 5.88. The molecule has 2 aromatic carbocycles. The number of aromatic nitrogens is 1. The Bertz CT molecular complexity index is 969. The van der Waals surface area contributed by atoms with E-state index < -0.39 is 0 Å². The van der Waals surface area contributed by atoms with Gasteiger partial charge in [0.05, 0.1) is 40.6 Å². The molecule has 0 radical (unpaired) electrons. The summed E-state index contributed by atoms with van der Waals surface area (Å²) in [6.45, 7) is 6.71. The molecule has 182 valence electrons. The van der Waals surface area contributed by atoms with E-state index in [2.05, 4.69) is 21.9 Å². The van der Waals surface area contributed by atoms with Gasteiger partial charge >= 0.3 is 0 Å². The van der Waals surface area contributed by atoms with Gasteiger partial charge in [-0.05, 0) is 35.4 Å². The first kappa shape index (κ1) is 24.1. The maximum atomic E-state index is 5.88. The minimum atomic E-state index is 0.417. The fourth-order valence-corrected chi connectivity index (χ4v) is 3.88. The van der Waals surface area contributed by atoms with Gasteiger partial charge in [0, 0.05) is 32.7 Å². The Morgan fingerprint density at radius 1 is 0.941 bits per heavy atom. The largest absolute Gasteiger partial charge is 0.497 e. The van der Waals surface area contributed by atoms with E-state index in [9.17, 15) is 0 Å². The van der Waals surface area contributed by atoms with E-state index >= 15 is 0 Å². The van der Waals surface area contributed by atoms with Crippen LogP contribution in [0, 0.1) is 0 Å². The summed E-state index contributed by atoms with van der Waals surface area (Å²) in [4.78, 5) is 9.16. The zero-order valence-corrected chi connectivity index (χ0v) is 19.9. The second kappa shape index (κ2) is 12.4. The molecule has 8 heteroatoms. The maximum Gasteiger partial charge on any atom is 0.298 e. The van der Waals surface area contributed by atoms with Crippen LogP contribution in [0.4, 0.5) is 6.01 Å². The van der Waals surface area contributed by atoms with Crippen molar-refractivity contribution in [2.24, 2.45) is 0 Å². The van der Waals surface area contributed by atoms with Gasteiger partial charge in [0.15, 0.2) is 0 Å². The van der Waals surface area contributed by atoms with Crippen molar-refractivity contribution in [3.63, 3.8) is 0 Å². The van der Waals surface area contributed by atoms with Gasteiger partial charge in [-0.15, -0.1) is 0 Å². The number of benzene rings is 2. The third-order valence-corrected chi connectivity index (χ3v) is 5.73. The highest BCUT2D eigenvalue weighted by molar-refractivity contribution is 5.37. The molecule has 1 aliphatic heterocycles. The van der Waals surface area contributed by atoms with Crippen LogP contribution in [0.1, 0.15) is 16.8 Å². The van der Waals surface area contributed by atoms with Crippen molar-refractivity contribution in [1.29, 1.82) is 0 Å². The molecule has 2 heterocycles. The highest BCUT2D eigenvalue weighted by Crippen LogP contribution is 2.23. The number of anilines is 1. The normalized spacial score (nSPS) is 14.2. The number of hydrogen-bond acceptors (Lipinski definition) is 8. The third-order valence-electron chi connectivity index (χ3n) is 5.73. The molecule has 1 saturated heterocycles. The molecule has 0 atom stereocenters. The van der Waals surface area contributed by atoms with E-state index in [4.69, 9.17) is 28.3 Å². The molecule has 0 aliphatic carbocycles. The van der Waals surface area contributed by atoms with Gasteiger partial charge in [0.1, 0.15) is 23.5 Å². The summed E-state index contributed by atoms with van der Waals surface area (Å²) >= 11 is 0. The van der Waals surface area contributed by atoms with E-state index in [0.717, 1.165) is 61.2 Å². The number of methoxy groups -OCH3 is 2. The average Bonchev–Trinajstić information content (AvgIpc) is 3.36. The number of oxazole rings is 1. The molecule has 0 amide bonds. The van der Waals surface area contributed by atoms with Crippen LogP contribution in [0.5, 0.6) is 11.5 Å². The van der Waals surface area contributed by atoms with Crippen LogP contribution in [0.15, 0.2) is 59.2 Å². The van der Waals surface area contributed by atoms with Crippen molar-refractivity contribution in [1.82, 2.24) is 9.88 Å². The smallest absolute Gasteiger partial charge is 0.298 e. The molecule has 1 fully saturated rings. The molecular formula is C26H33N3O5. The van der Waals surface area contributed by atoms with Crippen LogP contribution < -0.4 is 14.4 Å². The quantitative estimate of drug-likeness (QED) is 0.373. The molecular weight excluding hydrogens is 434 g/mol. The molecule has 0 bridgehead atoms. The van der Waals surface area contributed by atoms with Crippen molar-refractivity contribution >= 4 is 6.01 Å². The topological polar surface area (TPSA) is 69.4 Å².